The molecule has 1 N–H and O–H groups in total. The molecule has 35 heavy (non-hydrogen) atoms. The van der Waals surface area contributed by atoms with Gasteiger partial charge < -0.3 is 19.5 Å². The predicted molar refractivity (Wildman–Crippen MR) is 134 cm³/mol. The normalized spacial score (nSPS) is 18.9. The standard InChI is InChI=1S/C28H30N2O5/c1-2-17-35-23-10-6-9-22(20-23)26-25(24(31)12-11-21-7-4-3-5-8-21)27(32)28(33)30(26)14-13-29-15-18-34-19-16-29/h2-12,20,26,32H,1,13-19H2. The van der Waals surface area contributed by atoms with E-state index in [1.54, 1.807) is 23.1 Å². The number of benzene rings is 2. The first-order valence-electron chi connectivity index (χ1n) is 11.7. The molecule has 0 aromatic heterocycles. The summed E-state index contributed by atoms with van der Waals surface area (Å²) >= 11 is 0. The number of rotatable bonds is 10. The van der Waals surface area contributed by atoms with Gasteiger partial charge in [-0.25, -0.2) is 0 Å². The maximum absolute atomic E-state index is 13.3. The van der Waals surface area contributed by atoms with Crippen molar-refractivity contribution in [3.05, 3.63) is 95.8 Å². The second kappa shape index (κ2) is 11.6. The zero-order valence-electron chi connectivity index (χ0n) is 19.6. The van der Waals surface area contributed by atoms with Crippen LogP contribution in [0.25, 0.3) is 6.08 Å². The summed E-state index contributed by atoms with van der Waals surface area (Å²) < 4.78 is 11.1. The molecule has 2 aliphatic rings. The molecule has 2 aromatic carbocycles. The second-order valence-corrected chi connectivity index (χ2v) is 8.40. The van der Waals surface area contributed by atoms with Crippen LogP contribution in [0.1, 0.15) is 17.2 Å². The van der Waals surface area contributed by atoms with Gasteiger partial charge in [0.2, 0.25) is 0 Å². The summed E-state index contributed by atoms with van der Waals surface area (Å²) in [6.45, 7) is 7.85. The Balaban J connectivity index is 1.64. The molecule has 0 radical (unpaired) electrons. The van der Waals surface area contributed by atoms with Crippen molar-refractivity contribution in [2.75, 3.05) is 46.0 Å². The minimum atomic E-state index is -0.719. The number of carbonyl (C=O) groups excluding carboxylic acids is 2. The Morgan fingerprint density at radius 1 is 1.11 bits per heavy atom. The highest BCUT2D eigenvalue weighted by atomic mass is 16.5. The molecular formula is C28H30N2O5. The summed E-state index contributed by atoms with van der Waals surface area (Å²) in [4.78, 5) is 30.3. The van der Waals surface area contributed by atoms with Crippen molar-refractivity contribution >= 4 is 17.8 Å². The first kappa shape index (κ1) is 24.4. The van der Waals surface area contributed by atoms with E-state index in [0.717, 1.165) is 18.7 Å². The molecule has 4 rings (SSSR count). The van der Waals surface area contributed by atoms with E-state index in [9.17, 15) is 14.7 Å². The molecule has 0 saturated carbocycles. The third kappa shape index (κ3) is 5.88. The summed E-state index contributed by atoms with van der Waals surface area (Å²) in [6.07, 6.45) is 4.74. The van der Waals surface area contributed by atoms with Crippen LogP contribution in [0.2, 0.25) is 0 Å². The van der Waals surface area contributed by atoms with Gasteiger partial charge >= 0.3 is 0 Å². The topological polar surface area (TPSA) is 79.3 Å². The minimum Gasteiger partial charge on any atom is -0.503 e. The Kier molecular flexibility index (Phi) is 8.13. The largest absolute Gasteiger partial charge is 0.503 e. The highest BCUT2D eigenvalue weighted by Crippen LogP contribution is 2.39. The van der Waals surface area contributed by atoms with Gasteiger partial charge in [0.15, 0.2) is 11.5 Å². The predicted octanol–water partition coefficient (Wildman–Crippen LogP) is 3.56. The lowest BCUT2D eigenvalue weighted by molar-refractivity contribution is -0.129. The van der Waals surface area contributed by atoms with E-state index >= 15 is 0 Å². The number of ether oxygens (including phenoxy) is 2. The van der Waals surface area contributed by atoms with Crippen LogP contribution in [0.5, 0.6) is 5.75 Å². The summed E-state index contributed by atoms with van der Waals surface area (Å²) in [5, 5.41) is 10.8. The monoisotopic (exact) mass is 474 g/mol. The van der Waals surface area contributed by atoms with Gasteiger partial charge in [-0.1, -0.05) is 61.2 Å². The number of hydrogen-bond donors (Lipinski definition) is 1. The van der Waals surface area contributed by atoms with E-state index in [1.165, 1.54) is 6.08 Å². The number of hydrogen-bond acceptors (Lipinski definition) is 6. The van der Waals surface area contributed by atoms with Crippen molar-refractivity contribution in [2.24, 2.45) is 0 Å². The van der Waals surface area contributed by atoms with E-state index in [0.29, 0.717) is 44.2 Å². The van der Waals surface area contributed by atoms with Gasteiger partial charge in [0.1, 0.15) is 12.4 Å². The van der Waals surface area contributed by atoms with Crippen LogP contribution in [0, 0.1) is 0 Å². The van der Waals surface area contributed by atoms with Crippen molar-refractivity contribution in [1.82, 2.24) is 9.80 Å². The molecule has 1 saturated heterocycles. The molecule has 1 unspecified atom stereocenters. The summed E-state index contributed by atoms with van der Waals surface area (Å²) in [6, 6.07) is 16.0. The number of morpholine rings is 1. The Morgan fingerprint density at radius 3 is 2.63 bits per heavy atom. The first-order chi connectivity index (χ1) is 17.1. The van der Waals surface area contributed by atoms with Gasteiger partial charge in [0, 0.05) is 26.2 Å². The first-order valence-corrected chi connectivity index (χ1v) is 11.7. The zero-order chi connectivity index (χ0) is 24.6. The van der Waals surface area contributed by atoms with Crippen LogP contribution in [-0.4, -0.2) is 72.6 Å². The van der Waals surface area contributed by atoms with Gasteiger partial charge in [-0.15, -0.1) is 0 Å². The number of nitrogens with zero attached hydrogens (tertiary/aromatic N) is 2. The number of aliphatic hydroxyl groups is 1. The van der Waals surface area contributed by atoms with Crippen LogP contribution in [-0.2, 0) is 14.3 Å². The van der Waals surface area contributed by atoms with E-state index < -0.39 is 23.5 Å². The zero-order valence-corrected chi connectivity index (χ0v) is 19.6. The fourth-order valence-electron chi connectivity index (χ4n) is 4.31. The lowest BCUT2D eigenvalue weighted by atomic mass is 9.95. The van der Waals surface area contributed by atoms with Crippen molar-refractivity contribution in [3.63, 3.8) is 0 Å². The van der Waals surface area contributed by atoms with Crippen LogP contribution in [0.3, 0.4) is 0 Å². The maximum Gasteiger partial charge on any atom is 0.290 e. The average molecular weight is 475 g/mol. The Labute approximate surface area is 205 Å². The number of aliphatic hydroxyl groups excluding tert-OH is 1. The lowest BCUT2D eigenvalue weighted by Gasteiger charge is -2.31. The van der Waals surface area contributed by atoms with Crippen molar-refractivity contribution < 1.29 is 24.2 Å². The average Bonchev–Trinajstić information content (AvgIpc) is 3.16. The van der Waals surface area contributed by atoms with Crippen LogP contribution < -0.4 is 4.74 Å². The van der Waals surface area contributed by atoms with E-state index in [1.807, 2.05) is 48.5 Å². The number of allylic oxidation sites excluding steroid dienone is 1. The molecule has 1 amide bonds. The highest BCUT2D eigenvalue weighted by Gasteiger charge is 2.43. The van der Waals surface area contributed by atoms with E-state index in [-0.39, 0.29) is 5.57 Å². The minimum absolute atomic E-state index is 0.0741. The van der Waals surface area contributed by atoms with E-state index in [4.69, 9.17) is 9.47 Å². The molecule has 1 atom stereocenters. The van der Waals surface area contributed by atoms with Gasteiger partial charge in [0.05, 0.1) is 24.8 Å². The third-order valence-corrected chi connectivity index (χ3v) is 6.10. The van der Waals surface area contributed by atoms with Gasteiger partial charge in [-0.3, -0.25) is 14.5 Å². The molecule has 1 fully saturated rings. The van der Waals surface area contributed by atoms with Crippen molar-refractivity contribution in [3.8, 4) is 5.75 Å². The Hall–Kier alpha value is -3.68. The molecule has 0 spiro atoms. The summed E-state index contributed by atoms with van der Waals surface area (Å²) in [5.74, 6) is -0.855. The SMILES string of the molecule is C=CCOc1cccc(C2C(C(=O)C=Cc3ccccc3)=C(O)C(=O)N2CCN2CCOCC2)c1. The molecule has 2 aliphatic heterocycles. The van der Waals surface area contributed by atoms with Gasteiger partial charge in [-0.2, -0.15) is 0 Å². The molecule has 182 valence electrons. The van der Waals surface area contributed by atoms with Crippen molar-refractivity contribution in [2.45, 2.75) is 6.04 Å². The van der Waals surface area contributed by atoms with Gasteiger partial charge in [-0.05, 0) is 29.3 Å². The number of amides is 1. The fraction of sp³-hybridized carbons (Fsp3) is 0.286. The highest BCUT2D eigenvalue weighted by molar-refractivity contribution is 6.14. The lowest BCUT2D eigenvalue weighted by Crippen LogP contribution is -2.43. The second-order valence-electron chi connectivity index (χ2n) is 8.40. The smallest absolute Gasteiger partial charge is 0.290 e. The molecule has 7 heteroatoms. The van der Waals surface area contributed by atoms with Gasteiger partial charge in [0.25, 0.3) is 5.91 Å². The summed E-state index contributed by atoms with van der Waals surface area (Å²) in [5.41, 5.74) is 1.62. The fourth-order valence-corrected chi connectivity index (χ4v) is 4.31. The van der Waals surface area contributed by atoms with Crippen LogP contribution in [0.4, 0.5) is 0 Å². The molecule has 2 aromatic rings. The van der Waals surface area contributed by atoms with E-state index in [2.05, 4.69) is 11.5 Å². The number of ketones is 1. The molecule has 7 nitrogen and oxygen atoms in total. The molecule has 0 aliphatic carbocycles. The molecular weight excluding hydrogens is 444 g/mol. The Bertz CT molecular complexity index is 1120. The molecule has 0 bridgehead atoms. The van der Waals surface area contributed by atoms with Crippen LogP contribution >= 0.6 is 0 Å². The Morgan fingerprint density at radius 2 is 1.89 bits per heavy atom. The van der Waals surface area contributed by atoms with Crippen LogP contribution in [0.15, 0.2) is 84.7 Å². The van der Waals surface area contributed by atoms with Crippen molar-refractivity contribution in [1.29, 1.82) is 0 Å². The maximum atomic E-state index is 13.3. The number of carbonyl (C=O) groups is 2. The molecule has 2 heterocycles. The summed E-state index contributed by atoms with van der Waals surface area (Å²) in [7, 11) is 0. The third-order valence-electron chi connectivity index (χ3n) is 6.10. The quantitative estimate of drug-likeness (QED) is 0.419.